The van der Waals surface area contributed by atoms with Crippen LogP contribution in [0.25, 0.3) is 0 Å². The third kappa shape index (κ3) is 7.65. The number of carbonyl (C=O) groups excluding carboxylic acids is 5. The number of hydrogen-bond donors (Lipinski definition) is 0. The molecule has 0 bridgehead atoms. The second-order valence-electron chi connectivity index (χ2n) is 4.44. The largest absolute Gasteiger partial charge is 0.534 e. The molecule has 0 saturated carbocycles. The number of amides is 2. The van der Waals surface area contributed by atoms with Crippen molar-refractivity contribution in [1.82, 2.24) is 5.06 Å². The molecule has 0 radical (unpaired) electrons. The SMILES string of the molecule is CCOC(=O)SSC(C)C(=O)OCCOC(=O)ON1C(=O)CCC1=O. The maximum Gasteiger partial charge on any atom is 0.534 e. The van der Waals surface area contributed by atoms with Crippen molar-refractivity contribution in [3.05, 3.63) is 0 Å². The van der Waals surface area contributed by atoms with Crippen molar-refractivity contribution in [3.8, 4) is 0 Å². The predicted octanol–water partition coefficient (Wildman–Crippen LogP) is 1.67. The van der Waals surface area contributed by atoms with Crippen LogP contribution in [0.2, 0.25) is 0 Å². The minimum absolute atomic E-state index is 0.0247. The zero-order valence-corrected chi connectivity index (χ0v) is 15.2. The summed E-state index contributed by atoms with van der Waals surface area (Å²) in [4.78, 5) is 61.0. The van der Waals surface area contributed by atoms with Crippen molar-refractivity contribution in [1.29, 1.82) is 0 Å². The van der Waals surface area contributed by atoms with Crippen LogP contribution >= 0.6 is 21.6 Å². The van der Waals surface area contributed by atoms with Crippen molar-refractivity contribution in [2.45, 2.75) is 31.9 Å². The molecule has 1 unspecified atom stereocenters. The smallest absolute Gasteiger partial charge is 0.461 e. The van der Waals surface area contributed by atoms with E-state index in [9.17, 15) is 24.0 Å². The molecular weight excluding hydrogens is 378 g/mol. The molecule has 1 atom stereocenters. The molecule has 0 aromatic rings. The van der Waals surface area contributed by atoms with Gasteiger partial charge in [-0.3, -0.25) is 19.2 Å². The highest BCUT2D eigenvalue weighted by Gasteiger charge is 2.33. The van der Waals surface area contributed by atoms with E-state index in [0.717, 1.165) is 21.6 Å². The molecular formula is C13H17NO9S2. The van der Waals surface area contributed by atoms with Crippen LogP contribution in [0.1, 0.15) is 26.7 Å². The van der Waals surface area contributed by atoms with Crippen LogP contribution in [0.4, 0.5) is 9.59 Å². The summed E-state index contributed by atoms with van der Waals surface area (Å²) in [7, 11) is 1.75. The Hall–Kier alpha value is -1.95. The van der Waals surface area contributed by atoms with Crippen LogP contribution in [0.3, 0.4) is 0 Å². The van der Waals surface area contributed by atoms with Gasteiger partial charge in [-0.25, -0.2) is 9.59 Å². The molecule has 140 valence electrons. The summed E-state index contributed by atoms with van der Waals surface area (Å²) in [6.45, 7) is 2.89. The first-order valence-corrected chi connectivity index (χ1v) is 9.43. The van der Waals surface area contributed by atoms with Crippen molar-refractivity contribution in [2.75, 3.05) is 19.8 Å². The number of hydroxylamine groups is 2. The van der Waals surface area contributed by atoms with Gasteiger partial charge < -0.3 is 14.2 Å². The standard InChI is InChI=1S/C13H17NO9S2/c1-3-20-13(19)25-24-8(2)11(17)21-6-7-22-12(18)23-14-9(15)4-5-10(14)16/h8H,3-7H2,1-2H3. The second kappa shape index (κ2) is 10.8. The van der Waals surface area contributed by atoms with Gasteiger partial charge in [-0.1, -0.05) is 15.9 Å². The van der Waals surface area contributed by atoms with Gasteiger partial charge in [-0.05, 0) is 13.8 Å². The molecule has 0 aliphatic carbocycles. The molecule has 0 aromatic heterocycles. The molecule has 1 fully saturated rings. The molecule has 0 spiro atoms. The molecule has 1 aliphatic heterocycles. The van der Waals surface area contributed by atoms with Gasteiger partial charge in [0.25, 0.3) is 11.8 Å². The Morgan fingerprint density at radius 3 is 2.28 bits per heavy atom. The van der Waals surface area contributed by atoms with Crippen LogP contribution in [0, 0.1) is 0 Å². The molecule has 0 N–H and O–H groups in total. The van der Waals surface area contributed by atoms with Crippen LogP contribution in [0.15, 0.2) is 0 Å². The molecule has 1 rings (SSSR count). The van der Waals surface area contributed by atoms with Gasteiger partial charge in [0.05, 0.1) is 6.61 Å². The van der Waals surface area contributed by atoms with Crippen molar-refractivity contribution < 1.29 is 43.0 Å². The number of imide groups is 1. The maximum atomic E-state index is 11.6. The van der Waals surface area contributed by atoms with Crippen molar-refractivity contribution in [3.63, 3.8) is 0 Å². The van der Waals surface area contributed by atoms with E-state index < -0.39 is 34.5 Å². The first kappa shape index (κ1) is 21.1. The number of esters is 1. The van der Waals surface area contributed by atoms with Crippen LogP contribution < -0.4 is 0 Å². The molecule has 0 aromatic carbocycles. The fraction of sp³-hybridized carbons (Fsp3) is 0.615. The van der Waals surface area contributed by atoms with Gasteiger partial charge in [0.1, 0.15) is 18.5 Å². The monoisotopic (exact) mass is 395 g/mol. The van der Waals surface area contributed by atoms with Gasteiger partial charge in [-0.2, -0.15) is 0 Å². The van der Waals surface area contributed by atoms with E-state index in [4.69, 9.17) is 9.47 Å². The van der Waals surface area contributed by atoms with E-state index in [1.54, 1.807) is 13.8 Å². The Labute approximate surface area is 151 Å². The van der Waals surface area contributed by atoms with Gasteiger partial charge >= 0.3 is 17.4 Å². The summed E-state index contributed by atoms with van der Waals surface area (Å²) in [6.07, 6.45) is -1.30. The van der Waals surface area contributed by atoms with Crippen molar-refractivity contribution >= 4 is 50.8 Å². The lowest BCUT2D eigenvalue weighted by Gasteiger charge is -2.13. The van der Waals surface area contributed by atoms with E-state index in [1.165, 1.54) is 0 Å². The lowest BCUT2D eigenvalue weighted by Crippen LogP contribution is -2.32. The summed E-state index contributed by atoms with van der Waals surface area (Å²) >= 11 is 0. The Balaban J connectivity index is 2.16. The Morgan fingerprint density at radius 1 is 1.08 bits per heavy atom. The highest BCUT2D eigenvalue weighted by molar-refractivity contribution is 8.82. The first-order chi connectivity index (χ1) is 11.8. The average Bonchev–Trinajstić information content (AvgIpc) is 2.88. The van der Waals surface area contributed by atoms with E-state index in [2.05, 4.69) is 9.57 Å². The summed E-state index contributed by atoms with van der Waals surface area (Å²) < 4.78 is 14.1. The fourth-order valence-corrected chi connectivity index (χ4v) is 3.02. The van der Waals surface area contributed by atoms with Crippen molar-refractivity contribution in [2.24, 2.45) is 0 Å². The fourth-order valence-electron chi connectivity index (χ4n) is 1.44. The normalized spacial score (nSPS) is 14.9. The Kier molecular flexibility index (Phi) is 9.13. The third-order valence-electron chi connectivity index (χ3n) is 2.57. The topological polar surface area (TPSA) is 126 Å². The minimum Gasteiger partial charge on any atom is -0.461 e. The number of carbonyl (C=O) groups is 5. The highest BCUT2D eigenvalue weighted by atomic mass is 33.1. The Morgan fingerprint density at radius 2 is 1.68 bits per heavy atom. The number of rotatable bonds is 8. The zero-order chi connectivity index (χ0) is 18.8. The lowest BCUT2D eigenvalue weighted by atomic mass is 10.4. The van der Waals surface area contributed by atoms with Gasteiger partial charge in [0, 0.05) is 23.6 Å². The quantitative estimate of drug-likeness (QED) is 0.196. The molecule has 1 aliphatic rings. The summed E-state index contributed by atoms with van der Waals surface area (Å²) in [6, 6.07) is 0. The molecule has 10 nitrogen and oxygen atoms in total. The predicted molar refractivity (Wildman–Crippen MR) is 86.1 cm³/mol. The van der Waals surface area contributed by atoms with Crippen LogP contribution in [-0.4, -0.2) is 59.4 Å². The second-order valence-corrected chi connectivity index (χ2v) is 6.92. The van der Waals surface area contributed by atoms with Gasteiger partial charge in [0.2, 0.25) is 0 Å². The lowest BCUT2D eigenvalue weighted by molar-refractivity contribution is -0.177. The van der Waals surface area contributed by atoms with Gasteiger partial charge in [0.15, 0.2) is 0 Å². The van der Waals surface area contributed by atoms with Crippen LogP contribution in [0.5, 0.6) is 0 Å². The zero-order valence-electron chi connectivity index (χ0n) is 13.6. The first-order valence-electron chi connectivity index (χ1n) is 7.22. The minimum atomic E-state index is -1.25. The average molecular weight is 395 g/mol. The van der Waals surface area contributed by atoms with E-state index in [0.29, 0.717) is 5.06 Å². The molecule has 25 heavy (non-hydrogen) atoms. The van der Waals surface area contributed by atoms with E-state index in [1.807, 2.05) is 0 Å². The maximum absolute atomic E-state index is 11.6. The summed E-state index contributed by atoms with van der Waals surface area (Å²) in [5.74, 6) is -1.86. The van der Waals surface area contributed by atoms with E-state index >= 15 is 0 Å². The highest BCUT2D eigenvalue weighted by Crippen LogP contribution is 2.29. The Bertz CT molecular complexity index is 524. The van der Waals surface area contributed by atoms with Gasteiger partial charge in [-0.15, -0.1) is 0 Å². The van der Waals surface area contributed by atoms with E-state index in [-0.39, 0.29) is 32.7 Å². The molecule has 12 heteroatoms. The summed E-state index contributed by atoms with van der Waals surface area (Å²) in [5, 5.41) is -0.801. The number of ether oxygens (including phenoxy) is 3. The number of hydrogen-bond acceptors (Lipinski definition) is 11. The molecule has 1 heterocycles. The molecule has 2 amide bonds. The third-order valence-corrected chi connectivity index (χ3v) is 4.97. The molecule has 1 saturated heterocycles. The number of nitrogens with zero attached hydrogens (tertiary/aromatic N) is 1. The van der Waals surface area contributed by atoms with Crippen LogP contribution in [-0.2, 0) is 33.4 Å². The summed E-state index contributed by atoms with van der Waals surface area (Å²) in [5.41, 5.74) is 0.